The molecule has 4 rings (SSSR count). The van der Waals surface area contributed by atoms with E-state index in [1.54, 1.807) is 11.8 Å². The summed E-state index contributed by atoms with van der Waals surface area (Å²) in [4.78, 5) is 15.6. The molecule has 1 saturated carbocycles. The van der Waals surface area contributed by atoms with Crippen molar-refractivity contribution in [1.29, 1.82) is 0 Å². The number of rotatable bonds is 5. The lowest BCUT2D eigenvalue weighted by molar-refractivity contribution is -0.125. The summed E-state index contributed by atoms with van der Waals surface area (Å²) in [5.41, 5.74) is 1.25. The minimum absolute atomic E-state index is 0.149. The Bertz CT molecular complexity index is 750. The topological polar surface area (TPSA) is 58.1 Å². The van der Waals surface area contributed by atoms with Crippen LogP contribution in [0.4, 0.5) is 5.82 Å². The molecule has 1 aliphatic heterocycles. The molecular formula is C20H24N4OS. The smallest absolute Gasteiger partial charge is 0.223 e. The van der Waals surface area contributed by atoms with Gasteiger partial charge < -0.3 is 10.2 Å². The maximum atomic E-state index is 12.2. The number of hydrogen-bond donors (Lipinski definition) is 1. The van der Waals surface area contributed by atoms with Gasteiger partial charge in [-0.1, -0.05) is 29.5 Å². The van der Waals surface area contributed by atoms with Crippen molar-refractivity contribution >= 4 is 23.5 Å². The Morgan fingerprint density at radius 1 is 1.04 bits per heavy atom. The number of hydrogen-bond acceptors (Lipinski definition) is 5. The van der Waals surface area contributed by atoms with Crippen LogP contribution in [0, 0.1) is 12.8 Å². The van der Waals surface area contributed by atoms with E-state index in [-0.39, 0.29) is 11.8 Å². The maximum Gasteiger partial charge on any atom is 0.223 e. The number of carbonyl (C=O) groups is 1. The van der Waals surface area contributed by atoms with Crippen molar-refractivity contribution in [2.75, 3.05) is 18.0 Å². The Morgan fingerprint density at radius 2 is 1.77 bits per heavy atom. The number of amides is 1. The van der Waals surface area contributed by atoms with E-state index >= 15 is 0 Å². The SMILES string of the molecule is Cc1ccc(Sc2ccc(N3CCC(C(=O)NC4CC4)CC3)nn2)cc1. The molecule has 2 aromatic rings. The maximum absolute atomic E-state index is 12.2. The fourth-order valence-electron chi connectivity index (χ4n) is 3.18. The molecule has 0 unspecified atom stereocenters. The molecule has 6 heteroatoms. The first kappa shape index (κ1) is 17.3. The summed E-state index contributed by atoms with van der Waals surface area (Å²) in [5.74, 6) is 1.29. The molecule has 26 heavy (non-hydrogen) atoms. The minimum Gasteiger partial charge on any atom is -0.355 e. The number of carbonyl (C=O) groups excluding carboxylic acids is 1. The molecule has 1 amide bonds. The number of aromatic nitrogens is 2. The van der Waals surface area contributed by atoms with E-state index in [2.05, 4.69) is 51.6 Å². The molecule has 0 spiro atoms. The van der Waals surface area contributed by atoms with Gasteiger partial charge in [0.05, 0.1) is 0 Å². The largest absolute Gasteiger partial charge is 0.355 e. The number of piperidine rings is 1. The van der Waals surface area contributed by atoms with Crippen molar-refractivity contribution in [3.05, 3.63) is 42.0 Å². The van der Waals surface area contributed by atoms with Gasteiger partial charge in [-0.3, -0.25) is 4.79 Å². The number of nitrogens with one attached hydrogen (secondary N) is 1. The monoisotopic (exact) mass is 368 g/mol. The lowest BCUT2D eigenvalue weighted by atomic mass is 9.96. The van der Waals surface area contributed by atoms with Gasteiger partial charge in [-0.05, 0) is 56.9 Å². The summed E-state index contributed by atoms with van der Waals surface area (Å²) >= 11 is 1.62. The summed E-state index contributed by atoms with van der Waals surface area (Å²) < 4.78 is 0. The van der Waals surface area contributed by atoms with Gasteiger partial charge in [0.25, 0.3) is 0 Å². The number of benzene rings is 1. The molecule has 5 nitrogen and oxygen atoms in total. The van der Waals surface area contributed by atoms with Crippen LogP contribution < -0.4 is 10.2 Å². The van der Waals surface area contributed by atoms with Crippen LogP contribution in [0.5, 0.6) is 0 Å². The van der Waals surface area contributed by atoms with Crippen molar-refractivity contribution in [3.8, 4) is 0 Å². The lowest BCUT2D eigenvalue weighted by Gasteiger charge is -2.31. The highest BCUT2D eigenvalue weighted by Gasteiger charge is 2.30. The summed E-state index contributed by atoms with van der Waals surface area (Å²) in [5, 5.41) is 12.8. The van der Waals surface area contributed by atoms with Crippen molar-refractivity contribution in [2.24, 2.45) is 5.92 Å². The van der Waals surface area contributed by atoms with Gasteiger partial charge in [0.15, 0.2) is 5.82 Å². The normalized spacial score (nSPS) is 18.0. The van der Waals surface area contributed by atoms with E-state index in [1.807, 2.05) is 12.1 Å². The highest BCUT2D eigenvalue weighted by molar-refractivity contribution is 7.99. The van der Waals surface area contributed by atoms with E-state index in [9.17, 15) is 4.79 Å². The Balaban J connectivity index is 1.31. The molecule has 136 valence electrons. The molecule has 2 heterocycles. The molecule has 1 saturated heterocycles. The standard InChI is InChI=1S/C20H24N4OS/c1-14-2-6-17(7-3-14)26-19-9-8-18(22-23-19)24-12-10-15(11-13-24)20(25)21-16-4-5-16/h2-3,6-9,15-16H,4-5,10-13H2,1H3,(H,21,25). The first-order chi connectivity index (χ1) is 12.7. The van der Waals surface area contributed by atoms with Crippen LogP contribution in [-0.4, -0.2) is 35.2 Å². The van der Waals surface area contributed by atoms with E-state index in [1.165, 1.54) is 10.5 Å². The zero-order valence-electron chi connectivity index (χ0n) is 15.0. The van der Waals surface area contributed by atoms with Crippen LogP contribution in [0.1, 0.15) is 31.2 Å². The summed E-state index contributed by atoms with van der Waals surface area (Å²) in [6.07, 6.45) is 4.07. The number of aryl methyl sites for hydroxylation is 1. The zero-order valence-corrected chi connectivity index (χ0v) is 15.8. The summed E-state index contributed by atoms with van der Waals surface area (Å²) in [7, 11) is 0. The highest BCUT2D eigenvalue weighted by Crippen LogP contribution is 2.28. The average molecular weight is 369 g/mol. The van der Waals surface area contributed by atoms with Crippen LogP contribution >= 0.6 is 11.8 Å². The van der Waals surface area contributed by atoms with Crippen LogP contribution in [-0.2, 0) is 4.79 Å². The molecule has 2 fully saturated rings. The predicted molar refractivity (Wildman–Crippen MR) is 103 cm³/mol. The van der Waals surface area contributed by atoms with Crippen LogP contribution in [0.15, 0.2) is 46.3 Å². The van der Waals surface area contributed by atoms with E-state index in [0.29, 0.717) is 6.04 Å². The Labute approximate surface area is 158 Å². The van der Waals surface area contributed by atoms with Gasteiger partial charge in [-0.25, -0.2) is 0 Å². The van der Waals surface area contributed by atoms with E-state index in [4.69, 9.17) is 0 Å². The van der Waals surface area contributed by atoms with Crippen molar-refractivity contribution in [1.82, 2.24) is 15.5 Å². The second kappa shape index (κ2) is 7.66. The predicted octanol–water partition coefficient (Wildman–Crippen LogP) is 3.43. The Morgan fingerprint density at radius 3 is 2.38 bits per heavy atom. The van der Waals surface area contributed by atoms with Crippen LogP contribution in [0.25, 0.3) is 0 Å². The summed E-state index contributed by atoms with van der Waals surface area (Å²) in [6, 6.07) is 12.9. The minimum atomic E-state index is 0.149. The van der Waals surface area contributed by atoms with Gasteiger partial charge in [0.1, 0.15) is 5.03 Å². The third kappa shape index (κ3) is 4.36. The van der Waals surface area contributed by atoms with Gasteiger partial charge in [0, 0.05) is 29.9 Å². The average Bonchev–Trinajstić information content (AvgIpc) is 3.48. The Hall–Kier alpha value is -2.08. The van der Waals surface area contributed by atoms with Crippen molar-refractivity contribution < 1.29 is 4.79 Å². The van der Waals surface area contributed by atoms with Gasteiger partial charge in [-0.15, -0.1) is 10.2 Å². The van der Waals surface area contributed by atoms with E-state index < -0.39 is 0 Å². The van der Waals surface area contributed by atoms with Crippen LogP contribution in [0.2, 0.25) is 0 Å². The van der Waals surface area contributed by atoms with E-state index in [0.717, 1.165) is 49.6 Å². The van der Waals surface area contributed by atoms with Gasteiger partial charge in [-0.2, -0.15) is 0 Å². The third-order valence-electron chi connectivity index (χ3n) is 4.98. The number of nitrogens with zero attached hydrogens (tertiary/aromatic N) is 3. The lowest BCUT2D eigenvalue weighted by Crippen LogP contribution is -2.41. The summed E-state index contributed by atoms with van der Waals surface area (Å²) in [6.45, 7) is 3.81. The second-order valence-electron chi connectivity index (χ2n) is 7.19. The zero-order chi connectivity index (χ0) is 17.9. The molecule has 0 radical (unpaired) electrons. The number of anilines is 1. The molecule has 1 aliphatic carbocycles. The van der Waals surface area contributed by atoms with Gasteiger partial charge in [0.2, 0.25) is 5.91 Å². The fraction of sp³-hybridized carbons (Fsp3) is 0.450. The molecule has 1 N–H and O–H groups in total. The Kier molecular flexibility index (Phi) is 5.11. The third-order valence-corrected chi connectivity index (χ3v) is 5.92. The molecule has 0 atom stereocenters. The molecule has 0 bridgehead atoms. The quantitative estimate of drug-likeness (QED) is 0.876. The molecular weight excluding hydrogens is 344 g/mol. The molecule has 1 aromatic carbocycles. The fourth-order valence-corrected chi connectivity index (χ4v) is 3.91. The molecule has 1 aromatic heterocycles. The van der Waals surface area contributed by atoms with Crippen LogP contribution in [0.3, 0.4) is 0 Å². The van der Waals surface area contributed by atoms with Crippen molar-refractivity contribution in [2.45, 2.75) is 48.6 Å². The first-order valence-corrected chi connectivity index (χ1v) is 10.1. The molecule has 2 aliphatic rings. The van der Waals surface area contributed by atoms with Gasteiger partial charge >= 0.3 is 0 Å². The highest BCUT2D eigenvalue weighted by atomic mass is 32.2. The van der Waals surface area contributed by atoms with Crippen molar-refractivity contribution in [3.63, 3.8) is 0 Å². The first-order valence-electron chi connectivity index (χ1n) is 9.31. The second-order valence-corrected chi connectivity index (χ2v) is 8.28.